The predicted octanol–water partition coefficient (Wildman–Crippen LogP) is 2.50. The van der Waals surface area contributed by atoms with Crippen molar-refractivity contribution in [2.75, 3.05) is 6.61 Å². The van der Waals surface area contributed by atoms with E-state index in [1.54, 1.807) is 0 Å². The fourth-order valence-electron chi connectivity index (χ4n) is 7.28. The van der Waals surface area contributed by atoms with Crippen LogP contribution >= 0.6 is 0 Å². The molecule has 0 bridgehead atoms. The van der Waals surface area contributed by atoms with Gasteiger partial charge in [-0.05, 0) is 68.3 Å². The first-order valence-electron chi connectivity index (χ1n) is 10.8. The third kappa shape index (κ3) is 2.64. The van der Waals surface area contributed by atoms with Crippen molar-refractivity contribution in [3.8, 4) is 0 Å². The minimum Gasteiger partial charge on any atom is -0.458 e. The van der Waals surface area contributed by atoms with Crippen LogP contribution in [-0.4, -0.2) is 45.6 Å². The average molecular weight is 405 g/mol. The molecule has 2 N–H and O–H groups in total. The summed E-state index contributed by atoms with van der Waals surface area (Å²) in [6.45, 7) is 4.83. The summed E-state index contributed by atoms with van der Waals surface area (Å²) < 4.78 is 4.87. The minimum absolute atomic E-state index is 0.0212. The molecule has 4 aliphatic carbocycles. The number of fused-ring (bicyclic) bond motifs is 5. The van der Waals surface area contributed by atoms with Crippen molar-refractivity contribution in [3.63, 3.8) is 0 Å². The Kier molecular flexibility index (Phi) is 4.63. The number of ether oxygens (including phenoxy) is 1. The van der Waals surface area contributed by atoms with Gasteiger partial charge in [-0.2, -0.15) is 0 Å². The van der Waals surface area contributed by atoms with Crippen LogP contribution in [-0.2, 0) is 19.1 Å². The molecule has 0 amide bonds. The summed E-state index contributed by atoms with van der Waals surface area (Å²) in [6.07, 6.45) is 6.60. The molecule has 0 aromatic carbocycles. The SMILES string of the molecule is CC(=O)OCC(=O)[C@@]1(O)CC[C@@]2(O)[C@H]3CCC4=CC(=O)CC[C@@]4(C)[C@H]3CC[C@@]21C. The second kappa shape index (κ2) is 6.48. The normalized spacial score (nSPS) is 46.2. The van der Waals surface area contributed by atoms with Gasteiger partial charge < -0.3 is 14.9 Å². The molecule has 4 aliphatic rings. The van der Waals surface area contributed by atoms with Crippen molar-refractivity contribution < 1.29 is 29.3 Å². The average Bonchev–Trinajstić information content (AvgIpc) is 2.89. The Hall–Kier alpha value is -1.53. The number of ketones is 2. The molecular weight excluding hydrogens is 372 g/mol. The van der Waals surface area contributed by atoms with Gasteiger partial charge in [0, 0.05) is 18.8 Å². The summed E-state index contributed by atoms with van der Waals surface area (Å²) in [4.78, 5) is 36.0. The fraction of sp³-hybridized carbons (Fsp3) is 0.783. The zero-order chi connectivity index (χ0) is 21.2. The number of aliphatic hydroxyl groups is 2. The van der Waals surface area contributed by atoms with Crippen LogP contribution in [0.25, 0.3) is 0 Å². The van der Waals surface area contributed by atoms with Gasteiger partial charge in [0.05, 0.1) is 5.60 Å². The maximum atomic E-state index is 12.9. The van der Waals surface area contributed by atoms with E-state index in [9.17, 15) is 24.6 Å². The van der Waals surface area contributed by atoms with Crippen molar-refractivity contribution in [2.45, 2.75) is 83.3 Å². The molecule has 0 spiro atoms. The maximum absolute atomic E-state index is 12.9. The summed E-state index contributed by atoms with van der Waals surface area (Å²) in [5.74, 6) is -0.667. The Bertz CT molecular complexity index is 801. The first kappa shape index (κ1) is 20.7. The number of hydrogen-bond acceptors (Lipinski definition) is 6. The van der Waals surface area contributed by atoms with E-state index < -0.39 is 35.0 Å². The Balaban J connectivity index is 1.66. The third-order valence-corrected chi connectivity index (χ3v) is 9.16. The van der Waals surface area contributed by atoms with E-state index in [2.05, 4.69) is 6.92 Å². The van der Waals surface area contributed by atoms with Gasteiger partial charge in [0.2, 0.25) is 5.78 Å². The lowest BCUT2D eigenvalue weighted by molar-refractivity contribution is -0.218. The molecule has 6 heteroatoms. The zero-order valence-corrected chi connectivity index (χ0v) is 17.6. The van der Waals surface area contributed by atoms with Crippen molar-refractivity contribution in [2.24, 2.45) is 22.7 Å². The Morgan fingerprint density at radius 2 is 1.79 bits per heavy atom. The number of carbonyl (C=O) groups is 3. The molecule has 6 nitrogen and oxygen atoms in total. The standard InChI is InChI=1S/C23H32O6/c1-14(24)29-13-19(26)23(28)11-10-22(27)18-5-4-15-12-16(25)6-8-20(15,2)17(18)7-9-21(22,23)3/h12,17-18,27-28H,4-11,13H2,1-3H3/t17-,18-,20+,21-,22+,23-/m0/s1. The molecule has 0 aliphatic heterocycles. The summed E-state index contributed by atoms with van der Waals surface area (Å²) in [6, 6.07) is 0. The first-order valence-corrected chi connectivity index (χ1v) is 10.8. The molecule has 0 radical (unpaired) electrons. The monoisotopic (exact) mass is 404 g/mol. The number of hydrogen-bond donors (Lipinski definition) is 2. The highest BCUT2D eigenvalue weighted by molar-refractivity contribution is 5.92. The summed E-state index contributed by atoms with van der Waals surface area (Å²) in [5, 5.41) is 23.4. The van der Waals surface area contributed by atoms with Crippen molar-refractivity contribution in [1.82, 2.24) is 0 Å². The van der Waals surface area contributed by atoms with Crippen molar-refractivity contribution >= 4 is 17.5 Å². The summed E-state index contributed by atoms with van der Waals surface area (Å²) >= 11 is 0. The molecule has 0 heterocycles. The van der Waals surface area contributed by atoms with Crippen LogP contribution in [0, 0.1) is 22.7 Å². The summed E-state index contributed by atoms with van der Waals surface area (Å²) in [7, 11) is 0. The van der Waals surface area contributed by atoms with Gasteiger partial charge in [-0.25, -0.2) is 0 Å². The molecule has 4 rings (SSSR count). The molecule has 3 fully saturated rings. The lowest BCUT2D eigenvalue weighted by Crippen LogP contribution is -2.66. The highest BCUT2D eigenvalue weighted by Crippen LogP contribution is 2.69. The minimum atomic E-state index is -1.69. The fourth-order valence-corrected chi connectivity index (χ4v) is 7.28. The second-order valence-corrected chi connectivity index (χ2v) is 10.2. The number of rotatable bonds is 3. The number of carbonyl (C=O) groups excluding carboxylic acids is 3. The number of esters is 1. The van der Waals surface area contributed by atoms with Gasteiger partial charge in [-0.1, -0.05) is 19.4 Å². The predicted molar refractivity (Wildman–Crippen MR) is 105 cm³/mol. The third-order valence-electron chi connectivity index (χ3n) is 9.16. The molecule has 6 atom stereocenters. The molecule has 3 saturated carbocycles. The molecule has 0 unspecified atom stereocenters. The van der Waals surface area contributed by atoms with Gasteiger partial charge in [0.15, 0.2) is 12.4 Å². The van der Waals surface area contributed by atoms with Gasteiger partial charge in [-0.15, -0.1) is 0 Å². The Morgan fingerprint density at radius 1 is 1.07 bits per heavy atom. The van der Waals surface area contributed by atoms with Crippen LogP contribution in [0.3, 0.4) is 0 Å². The van der Waals surface area contributed by atoms with E-state index in [4.69, 9.17) is 4.74 Å². The van der Waals surface area contributed by atoms with Crippen LogP contribution in [0.4, 0.5) is 0 Å². The Morgan fingerprint density at radius 3 is 2.48 bits per heavy atom. The largest absolute Gasteiger partial charge is 0.458 e. The topological polar surface area (TPSA) is 101 Å². The summed E-state index contributed by atoms with van der Waals surface area (Å²) in [5.41, 5.74) is -2.70. The maximum Gasteiger partial charge on any atom is 0.303 e. The second-order valence-electron chi connectivity index (χ2n) is 10.2. The van der Waals surface area contributed by atoms with E-state index in [1.165, 1.54) is 12.5 Å². The van der Waals surface area contributed by atoms with E-state index in [1.807, 2.05) is 13.0 Å². The molecular formula is C23H32O6. The highest BCUT2D eigenvalue weighted by atomic mass is 16.5. The smallest absolute Gasteiger partial charge is 0.303 e. The molecule has 0 aromatic rings. The van der Waals surface area contributed by atoms with Gasteiger partial charge >= 0.3 is 5.97 Å². The lowest BCUT2D eigenvalue weighted by atomic mass is 9.44. The first-order chi connectivity index (χ1) is 13.5. The van der Waals surface area contributed by atoms with Crippen LogP contribution in [0.2, 0.25) is 0 Å². The molecule has 160 valence electrons. The molecule has 29 heavy (non-hydrogen) atoms. The van der Waals surface area contributed by atoms with E-state index in [-0.39, 0.29) is 29.5 Å². The lowest BCUT2D eigenvalue weighted by Gasteiger charge is -2.62. The van der Waals surface area contributed by atoms with E-state index in [0.717, 1.165) is 25.7 Å². The van der Waals surface area contributed by atoms with E-state index in [0.29, 0.717) is 19.3 Å². The van der Waals surface area contributed by atoms with Gasteiger partial charge in [0.25, 0.3) is 0 Å². The highest BCUT2D eigenvalue weighted by Gasteiger charge is 2.73. The van der Waals surface area contributed by atoms with Gasteiger partial charge in [-0.3, -0.25) is 14.4 Å². The molecule has 0 saturated heterocycles. The number of allylic oxidation sites excluding steroid dienone is 1. The van der Waals surface area contributed by atoms with Crippen molar-refractivity contribution in [1.29, 1.82) is 0 Å². The zero-order valence-electron chi connectivity index (χ0n) is 17.6. The van der Waals surface area contributed by atoms with Crippen LogP contribution < -0.4 is 0 Å². The van der Waals surface area contributed by atoms with E-state index >= 15 is 0 Å². The van der Waals surface area contributed by atoms with Crippen LogP contribution in [0.1, 0.15) is 72.1 Å². The Labute approximate surface area is 171 Å². The van der Waals surface area contributed by atoms with Gasteiger partial charge in [0.1, 0.15) is 5.60 Å². The number of Topliss-reactive ketones (excluding diaryl/α,β-unsaturated/α-hetero) is 1. The quantitative estimate of drug-likeness (QED) is 0.701. The molecule has 0 aromatic heterocycles. The van der Waals surface area contributed by atoms with Crippen LogP contribution in [0.5, 0.6) is 0 Å². The van der Waals surface area contributed by atoms with Crippen molar-refractivity contribution in [3.05, 3.63) is 11.6 Å². The van der Waals surface area contributed by atoms with Crippen LogP contribution in [0.15, 0.2) is 11.6 Å².